The fourth-order valence-corrected chi connectivity index (χ4v) is 2.43. The molecule has 0 saturated heterocycles. The summed E-state index contributed by atoms with van der Waals surface area (Å²) in [6, 6.07) is 13.3. The molecule has 0 aromatic heterocycles. The molecule has 0 saturated carbocycles. The second-order valence-electron chi connectivity index (χ2n) is 6.14. The van der Waals surface area contributed by atoms with E-state index in [1.54, 1.807) is 6.07 Å². The SMILES string of the molecule is COC(=O)[C@](C)(Cc1ccc(O)c(O)c1)NNC(=O)OCc1ccccc1. The largest absolute Gasteiger partial charge is 0.504 e. The maximum atomic E-state index is 12.2. The highest BCUT2D eigenvalue weighted by molar-refractivity contribution is 5.81. The number of esters is 1. The van der Waals surface area contributed by atoms with Crippen LogP contribution in [-0.4, -0.2) is 34.9 Å². The third-order valence-electron chi connectivity index (χ3n) is 3.89. The molecule has 2 aromatic carbocycles. The summed E-state index contributed by atoms with van der Waals surface area (Å²) in [6.07, 6.45) is -0.686. The maximum absolute atomic E-state index is 12.2. The van der Waals surface area contributed by atoms with Gasteiger partial charge in [0.1, 0.15) is 12.1 Å². The number of methoxy groups -OCH3 is 1. The number of nitrogens with one attached hydrogen (secondary N) is 2. The first-order valence-electron chi connectivity index (χ1n) is 8.17. The van der Waals surface area contributed by atoms with E-state index in [1.807, 2.05) is 30.3 Å². The lowest BCUT2D eigenvalue weighted by atomic mass is 9.93. The summed E-state index contributed by atoms with van der Waals surface area (Å²) < 4.78 is 9.88. The van der Waals surface area contributed by atoms with Crippen LogP contribution < -0.4 is 10.9 Å². The molecule has 144 valence electrons. The molecule has 0 aliphatic heterocycles. The van der Waals surface area contributed by atoms with E-state index in [9.17, 15) is 19.8 Å². The number of aromatic hydroxyl groups is 2. The zero-order valence-electron chi connectivity index (χ0n) is 15.1. The van der Waals surface area contributed by atoms with E-state index in [4.69, 9.17) is 9.47 Å². The van der Waals surface area contributed by atoms with E-state index in [0.717, 1.165) is 5.56 Å². The van der Waals surface area contributed by atoms with E-state index in [2.05, 4.69) is 10.9 Å². The Bertz CT molecular complexity index is 796. The van der Waals surface area contributed by atoms with Gasteiger partial charge in [0.05, 0.1) is 7.11 Å². The molecule has 8 nitrogen and oxygen atoms in total. The number of hydrogen-bond donors (Lipinski definition) is 4. The van der Waals surface area contributed by atoms with Gasteiger partial charge in [0.15, 0.2) is 11.5 Å². The van der Waals surface area contributed by atoms with Crippen molar-refractivity contribution in [3.05, 3.63) is 59.7 Å². The Kier molecular flexibility index (Phi) is 6.62. The van der Waals surface area contributed by atoms with Crippen molar-refractivity contribution >= 4 is 12.1 Å². The Morgan fingerprint density at radius 3 is 2.37 bits per heavy atom. The van der Waals surface area contributed by atoms with Gasteiger partial charge in [-0.2, -0.15) is 0 Å². The molecule has 0 fully saturated rings. The quantitative estimate of drug-likeness (QED) is 0.333. The molecular formula is C19H22N2O6. The number of ether oxygens (including phenoxy) is 2. The monoisotopic (exact) mass is 374 g/mol. The molecule has 0 aliphatic carbocycles. The van der Waals surface area contributed by atoms with Gasteiger partial charge in [-0.3, -0.25) is 5.43 Å². The van der Waals surface area contributed by atoms with Crippen LogP contribution in [0, 0.1) is 0 Å². The van der Waals surface area contributed by atoms with E-state index in [-0.39, 0.29) is 24.5 Å². The number of benzene rings is 2. The van der Waals surface area contributed by atoms with E-state index < -0.39 is 17.6 Å². The smallest absolute Gasteiger partial charge is 0.421 e. The van der Waals surface area contributed by atoms with Gasteiger partial charge >= 0.3 is 12.1 Å². The lowest BCUT2D eigenvalue weighted by Gasteiger charge is -2.28. The van der Waals surface area contributed by atoms with Crippen LogP contribution in [0.4, 0.5) is 4.79 Å². The van der Waals surface area contributed by atoms with Crippen molar-refractivity contribution in [3.63, 3.8) is 0 Å². The summed E-state index contributed by atoms with van der Waals surface area (Å²) in [5, 5.41) is 19.0. The average Bonchev–Trinajstić information content (AvgIpc) is 2.67. The summed E-state index contributed by atoms with van der Waals surface area (Å²) >= 11 is 0. The third kappa shape index (κ3) is 5.61. The number of phenolic OH excluding ortho intramolecular Hbond substituents is 2. The zero-order chi connectivity index (χ0) is 19.9. The first-order chi connectivity index (χ1) is 12.8. The highest BCUT2D eigenvalue weighted by Crippen LogP contribution is 2.27. The molecule has 0 radical (unpaired) electrons. The lowest BCUT2D eigenvalue weighted by molar-refractivity contribution is -0.148. The van der Waals surface area contributed by atoms with Crippen LogP contribution in [0.25, 0.3) is 0 Å². The van der Waals surface area contributed by atoms with Gasteiger partial charge in [-0.15, -0.1) is 0 Å². The second kappa shape index (κ2) is 8.91. The maximum Gasteiger partial charge on any atom is 0.421 e. The molecule has 0 heterocycles. The average molecular weight is 374 g/mol. The van der Waals surface area contributed by atoms with Crippen molar-refractivity contribution in [2.75, 3.05) is 7.11 Å². The van der Waals surface area contributed by atoms with Gasteiger partial charge in [0.2, 0.25) is 0 Å². The molecule has 0 unspecified atom stereocenters. The Morgan fingerprint density at radius 1 is 1.04 bits per heavy atom. The number of carbonyl (C=O) groups excluding carboxylic acids is 2. The van der Waals surface area contributed by atoms with Gasteiger partial charge in [0, 0.05) is 6.42 Å². The Morgan fingerprint density at radius 2 is 1.74 bits per heavy atom. The molecule has 0 bridgehead atoms. The van der Waals surface area contributed by atoms with Crippen molar-refractivity contribution in [1.29, 1.82) is 0 Å². The highest BCUT2D eigenvalue weighted by Gasteiger charge is 2.35. The number of hydrogen-bond acceptors (Lipinski definition) is 7. The van der Waals surface area contributed by atoms with E-state index in [1.165, 1.54) is 26.2 Å². The lowest BCUT2D eigenvalue weighted by Crippen LogP contribution is -2.58. The molecule has 2 aromatic rings. The van der Waals surface area contributed by atoms with Gasteiger partial charge in [-0.05, 0) is 30.2 Å². The zero-order valence-corrected chi connectivity index (χ0v) is 15.1. The van der Waals surface area contributed by atoms with Gasteiger partial charge in [0.25, 0.3) is 0 Å². The van der Waals surface area contributed by atoms with Gasteiger partial charge in [-0.1, -0.05) is 36.4 Å². The van der Waals surface area contributed by atoms with Crippen LogP contribution in [-0.2, 0) is 27.3 Å². The summed E-state index contributed by atoms with van der Waals surface area (Å²) in [4.78, 5) is 24.1. The Labute approximate surface area is 156 Å². The summed E-state index contributed by atoms with van der Waals surface area (Å²) in [5.74, 6) is -1.21. The highest BCUT2D eigenvalue weighted by atomic mass is 16.6. The number of phenols is 2. The minimum Gasteiger partial charge on any atom is -0.504 e. The van der Waals surface area contributed by atoms with E-state index in [0.29, 0.717) is 5.56 Å². The molecule has 27 heavy (non-hydrogen) atoms. The van der Waals surface area contributed by atoms with Crippen LogP contribution in [0.5, 0.6) is 11.5 Å². The van der Waals surface area contributed by atoms with Crippen LogP contribution in [0.2, 0.25) is 0 Å². The molecular weight excluding hydrogens is 352 g/mol. The molecule has 8 heteroatoms. The predicted molar refractivity (Wildman–Crippen MR) is 96.8 cm³/mol. The third-order valence-corrected chi connectivity index (χ3v) is 3.89. The van der Waals surface area contributed by atoms with Crippen LogP contribution in [0.3, 0.4) is 0 Å². The molecule has 0 aliphatic rings. The van der Waals surface area contributed by atoms with E-state index >= 15 is 0 Å². The van der Waals surface area contributed by atoms with Crippen molar-refractivity contribution in [2.45, 2.75) is 25.5 Å². The molecule has 1 atom stereocenters. The minimum atomic E-state index is -1.33. The fraction of sp³-hybridized carbons (Fsp3) is 0.263. The van der Waals surface area contributed by atoms with Gasteiger partial charge in [-0.25, -0.2) is 15.0 Å². The van der Waals surface area contributed by atoms with Crippen molar-refractivity contribution < 1.29 is 29.3 Å². The normalized spacial score (nSPS) is 12.7. The molecule has 2 rings (SSSR count). The first kappa shape index (κ1) is 20.1. The fourth-order valence-electron chi connectivity index (χ4n) is 2.43. The number of carbonyl (C=O) groups is 2. The van der Waals surface area contributed by atoms with Crippen molar-refractivity contribution in [2.24, 2.45) is 0 Å². The summed E-state index contributed by atoms with van der Waals surface area (Å²) in [6.45, 7) is 1.61. The standard InChI is InChI=1S/C19H22N2O6/c1-19(17(24)26-2,11-14-8-9-15(22)16(23)10-14)21-20-18(25)27-12-13-6-4-3-5-7-13/h3-10,21-23H,11-12H2,1-2H3,(H,20,25)/t19-/m0/s1. The topological polar surface area (TPSA) is 117 Å². The van der Waals surface area contributed by atoms with Crippen molar-refractivity contribution in [1.82, 2.24) is 10.9 Å². The molecule has 4 N–H and O–H groups in total. The van der Waals surface area contributed by atoms with Crippen molar-refractivity contribution in [3.8, 4) is 11.5 Å². The Balaban J connectivity index is 1.99. The first-order valence-corrected chi connectivity index (χ1v) is 8.17. The predicted octanol–water partition coefficient (Wildman–Crippen LogP) is 2.00. The van der Waals surface area contributed by atoms with Crippen LogP contribution in [0.15, 0.2) is 48.5 Å². The summed E-state index contributed by atoms with van der Waals surface area (Å²) in [7, 11) is 1.23. The summed E-state index contributed by atoms with van der Waals surface area (Å²) in [5.41, 5.74) is 4.99. The second-order valence-corrected chi connectivity index (χ2v) is 6.14. The minimum absolute atomic E-state index is 0.0759. The number of hydrazine groups is 1. The number of rotatable bonds is 7. The van der Waals surface area contributed by atoms with Gasteiger partial charge < -0.3 is 19.7 Å². The number of amides is 1. The van der Waals surface area contributed by atoms with Crippen LogP contribution >= 0.6 is 0 Å². The Hall–Kier alpha value is -3.26. The molecule has 0 spiro atoms. The van der Waals surface area contributed by atoms with Crippen LogP contribution in [0.1, 0.15) is 18.1 Å². The molecule has 1 amide bonds.